The third kappa shape index (κ3) is 4.32. The normalized spacial score (nSPS) is 17.6. The SMILES string of the molecule is CCN(CC)CCN1C(=O)/C(=C\C=C\c2ccco2)SC1=S. The van der Waals surface area contributed by atoms with Gasteiger partial charge in [0.15, 0.2) is 0 Å². The lowest BCUT2D eigenvalue weighted by atomic mass is 10.3. The lowest BCUT2D eigenvalue weighted by Gasteiger charge is -2.21. The number of thiocarbonyl (C=S) groups is 1. The van der Waals surface area contributed by atoms with Crippen LogP contribution >= 0.6 is 24.0 Å². The van der Waals surface area contributed by atoms with E-state index in [1.165, 1.54) is 11.8 Å². The topological polar surface area (TPSA) is 36.7 Å². The molecule has 1 saturated heterocycles. The van der Waals surface area contributed by atoms with Gasteiger partial charge in [-0.3, -0.25) is 9.69 Å². The molecule has 1 fully saturated rings. The second kappa shape index (κ2) is 8.31. The van der Waals surface area contributed by atoms with Gasteiger partial charge >= 0.3 is 0 Å². The third-order valence-electron chi connectivity index (χ3n) is 3.46. The van der Waals surface area contributed by atoms with E-state index in [-0.39, 0.29) is 5.91 Å². The molecular weight excluding hydrogens is 316 g/mol. The van der Waals surface area contributed by atoms with E-state index in [0.29, 0.717) is 15.8 Å². The average Bonchev–Trinajstić information content (AvgIpc) is 3.11. The Morgan fingerprint density at radius 3 is 2.82 bits per heavy atom. The third-order valence-corrected chi connectivity index (χ3v) is 4.86. The zero-order chi connectivity index (χ0) is 15.9. The molecule has 6 heteroatoms. The summed E-state index contributed by atoms with van der Waals surface area (Å²) in [6.07, 6.45) is 7.05. The summed E-state index contributed by atoms with van der Waals surface area (Å²) in [6.45, 7) is 7.68. The summed E-state index contributed by atoms with van der Waals surface area (Å²) in [4.78, 5) is 17.0. The fourth-order valence-corrected chi connectivity index (χ4v) is 3.36. The van der Waals surface area contributed by atoms with Crippen LogP contribution in [-0.4, -0.2) is 46.2 Å². The fourth-order valence-electron chi connectivity index (χ4n) is 2.10. The van der Waals surface area contributed by atoms with Gasteiger partial charge in [-0.2, -0.15) is 0 Å². The van der Waals surface area contributed by atoms with E-state index in [0.717, 1.165) is 25.4 Å². The van der Waals surface area contributed by atoms with Crippen molar-refractivity contribution >= 4 is 40.3 Å². The number of hydrogen-bond donors (Lipinski definition) is 0. The van der Waals surface area contributed by atoms with Crippen LogP contribution in [-0.2, 0) is 4.79 Å². The van der Waals surface area contributed by atoms with Gasteiger partial charge in [0.2, 0.25) is 0 Å². The van der Waals surface area contributed by atoms with E-state index in [2.05, 4.69) is 18.7 Å². The van der Waals surface area contributed by atoms with Crippen molar-refractivity contribution in [2.45, 2.75) is 13.8 Å². The van der Waals surface area contributed by atoms with E-state index in [4.69, 9.17) is 16.6 Å². The molecule has 0 saturated carbocycles. The zero-order valence-electron chi connectivity index (χ0n) is 12.8. The van der Waals surface area contributed by atoms with Crippen LogP contribution in [0.5, 0.6) is 0 Å². The van der Waals surface area contributed by atoms with Gasteiger partial charge in [-0.1, -0.05) is 43.9 Å². The fraction of sp³-hybridized carbons (Fsp3) is 0.375. The predicted molar refractivity (Wildman–Crippen MR) is 95.5 cm³/mol. The number of furan rings is 1. The molecular formula is C16H20N2O2S2. The van der Waals surface area contributed by atoms with Crippen LogP contribution in [0.4, 0.5) is 0 Å². The van der Waals surface area contributed by atoms with Crippen LogP contribution in [0.25, 0.3) is 6.08 Å². The zero-order valence-corrected chi connectivity index (χ0v) is 14.5. The highest BCUT2D eigenvalue weighted by Crippen LogP contribution is 2.30. The molecule has 2 rings (SSSR count). The van der Waals surface area contributed by atoms with Crippen molar-refractivity contribution in [1.29, 1.82) is 0 Å². The minimum absolute atomic E-state index is 0.00810. The number of carbonyl (C=O) groups excluding carboxylic acids is 1. The lowest BCUT2D eigenvalue weighted by Crippen LogP contribution is -2.37. The first kappa shape index (κ1) is 17.0. The Labute approximate surface area is 140 Å². The van der Waals surface area contributed by atoms with Crippen molar-refractivity contribution in [3.8, 4) is 0 Å². The van der Waals surface area contributed by atoms with Crippen LogP contribution in [0.3, 0.4) is 0 Å². The van der Waals surface area contributed by atoms with Crippen LogP contribution in [0, 0.1) is 0 Å². The number of nitrogens with zero attached hydrogens (tertiary/aromatic N) is 2. The smallest absolute Gasteiger partial charge is 0.266 e. The summed E-state index contributed by atoms with van der Waals surface area (Å²) in [5, 5.41) is 0. The lowest BCUT2D eigenvalue weighted by molar-refractivity contribution is -0.122. The number of allylic oxidation sites excluding steroid dienone is 2. The first-order valence-corrected chi connectivity index (χ1v) is 8.56. The molecule has 1 aromatic rings. The van der Waals surface area contributed by atoms with Crippen LogP contribution in [0.1, 0.15) is 19.6 Å². The van der Waals surface area contributed by atoms with Crippen molar-refractivity contribution in [3.05, 3.63) is 41.2 Å². The Morgan fingerprint density at radius 1 is 1.41 bits per heavy atom. The Kier molecular flexibility index (Phi) is 6.42. The van der Waals surface area contributed by atoms with Crippen molar-refractivity contribution in [2.75, 3.05) is 26.2 Å². The summed E-state index contributed by atoms with van der Waals surface area (Å²) in [7, 11) is 0. The Balaban J connectivity index is 1.96. The maximum absolute atomic E-state index is 12.4. The molecule has 0 bridgehead atoms. The molecule has 1 aromatic heterocycles. The molecule has 0 radical (unpaired) electrons. The molecule has 0 aliphatic carbocycles. The summed E-state index contributed by atoms with van der Waals surface area (Å²) >= 11 is 6.67. The number of hydrogen-bond acceptors (Lipinski definition) is 5. The molecule has 0 spiro atoms. The molecule has 1 aliphatic heterocycles. The van der Waals surface area contributed by atoms with E-state index in [1.54, 1.807) is 17.2 Å². The van der Waals surface area contributed by atoms with Crippen molar-refractivity contribution in [3.63, 3.8) is 0 Å². The number of likely N-dealkylation sites (N-methyl/N-ethyl adjacent to an activating group) is 1. The predicted octanol–water partition coefficient (Wildman–Crippen LogP) is 3.38. The van der Waals surface area contributed by atoms with Gasteiger partial charge < -0.3 is 9.32 Å². The van der Waals surface area contributed by atoms with Gasteiger partial charge in [0.05, 0.1) is 11.2 Å². The standard InChI is InChI=1S/C16H20N2O2S2/c1-3-17(4-2)10-11-18-15(19)14(22-16(18)21)9-5-7-13-8-6-12-20-13/h5-9,12H,3-4,10-11H2,1-2H3/b7-5+,14-9+. The quantitative estimate of drug-likeness (QED) is 0.563. The van der Waals surface area contributed by atoms with E-state index >= 15 is 0 Å². The Bertz CT molecular complexity index is 575. The van der Waals surface area contributed by atoms with Gasteiger partial charge in [0, 0.05) is 13.1 Å². The van der Waals surface area contributed by atoms with Crippen LogP contribution < -0.4 is 0 Å². The summed E-state index contributed by atoms with van der Waals surface area (Å²) in [5.74, 6) is 0.750. The first-order valence-electron chi connectivity index (χ1n) is 7.33. The first-order chi connectivity index (χ1) is 10.7. The van der Waals surface area contributed by atoms with Gasteiger partial charge in [-0.15, -0.1) is 0 Å². The Hall–Kier alpha value is -1.37. The van der Waals surface area contributed by atoms with Crippen molar-refractivity contribution in [2.24, 2.45) is 0 Å². The van der Waals surface area contributed by atoms with E-state index in [9.17, 15) is 4.79 Å². The molecule has 1 aliphatic rings. The molecule has 0 N–H and O–H groups in total. The number of rotatable bonds is 7. The maximum atomic E-state index is 12.4. The summed E-state index contributed by atoms with van der Waals surface area (Å²) in [5.41, 5.74) is 0. The second-order valence-corrected chi connectivity index (χ2v) is 6.43. The Morgan fingerprint density at radius 2 is 2.18 bits per heavy atom. The van der Waals surface area contributed by atoms with E-state index < -0.39 is 0 Å². The number of thioether (sulfide) groups is 1. The average molecular weight is 336 g/mol. The highest BCUT2D eigenvalue weighted by Gasteiger charge is 2.31. The minimum Gasteiger partial charge on any atom is -0.465 e. The minimum atomic E-state index is -0.00810. The monoisotopic (exact) mass is 336 g/mol. The largest absolute Gasteiger partial charge is 0.465 e. The molecule has 118 valence electrons. The van der Waals surface area contributed by atoms with Gasteiger partial charge in [-0.05, 0) is 37.4 Å². The van der Waals surface area contributed by atoms with Gasteiger partial charge in [0.25, 0.3) is 5.91 Å². The summed E-state index contributed by atoms with van der Waals surface area (Å²) in [6, 6.07) is 3.69. The molecule has 4 nitrogen and oxygen atoms in total. The van der Waals surface area contributed by atoms with Crippen LogP contribution in [0.2, 0.25) is 0 Å². The van der Waals surface area contributed by atoms with Gasteiger partial charge in [0.1, 0.15) is 10.1 Å². The summed E-state index contributed by atoms with van der Waals surface area (Å²) < 4.78 is 5.84. The highest BCUT2D eigenvalue weighted by molar-refractivity contribution is 8.26. The molecule has 0 atom stereocenters. The number of carbonyl (C=O) groups is 1. The molecule has 0 unspecified atom stereocenters. The number of amides is 1. The highest BCUT2D eigenvalue weighted by atomic mass is 32.2. The van der Waals surface area contributed by atoms with E-state index in [1.807, 2.05) is 24.3 Å². The van der Waals surface area contributed by atoms with Crippen molar-refractivity contribution < 1.29 is 9.21 Å². The second-order valence-electron chi connectivity index (χ2n) is 4.76. The molecule has 1 amide bonds. The van der Waals surface area contributed by atoms with Gasteiger partial charge in [-0.25, -0.2) is 0 Å². The molecule has 22 heavy (non-hydrogen) atoms. The molecule has 2 heterocycles. The van der Waals surface area contributed by atoms with Crippen LogP contribution in [0.15, 0.2) is 39.9 Å². The van der Waals surface area contributed by atoms with Crippen molar-refractivity contribution in [1.82, 2.24) is 9.80 Å². The maximum Gasteiger partial charge on any atom is 0.266 e. The molecule has 0 aromatic carbocycles.